The van der Waals surface area contributed by atoms with Crippen LogP contribution in [0.15, 0.2) is 72.9 Å². The highest BCUT2D eigenvalue weighted by Crippen LogP contribution is 2.11. The quantitative estimate of drug-likeness (QED) is 0.0313. The van der Waals surface area contributed by atoms with Gasteiger partial charge in [0.05, 0.1) is 34.4 Å². The van der Waals surface area contributed by atoms with Crippen LogP contribution in [0, 0.1) is 0 Å². The number of aliphatic carboxylic acids is 1. The number of ether oxygens (including phenoxy) is 3. The predicted octanol–water partition coefficient (Wildman–Crippen LogP) is 10.0. The van der Waals surface area contributed by atoms with Crippen LogP contribution in [-0.2, 0) is 28.6 Å². The Kier molecular flexibility index (Phi) is 31.7. The lowest BCUT2D eigenvalue weighted by Gasteiger charge is -2.31. The lowest BCUT2D eigenvalue weighted by atomic mass is 10.1. The van der Waals surface area contributed by atoms with E-state index in [-0.39, 0.29) is 42.7 Å². The van der Waals surface area contributed by atoms with E-state index >= 15 is 0 Å². The maximum absolute atomic E-state index is 12.5. The van der Waals surface area contributed by atoms with Gasteiger partial charge in [-0.25, -0.2) is 4.79 Å². The highest BCUT2D eigenvalue weighted by molar-refractivity contribution is 5.72. The fourth-order valence-electron chi connectivity index (χ4n) is 5.07. The average molecular weight is 715 g/mol. The Bertz CT molecular complexity index is 1060. The molecule has 0 aromatic rings. The van der Waals surface area contributed by atoms with Crippen LogP contribution in [0.4, 0.5) is 0 Å². The largest absolute Gasteiger partial charge is 0.477 e. The first-order valence-electron chi connectivity index (χ1n) is 19.5. The summed E-state index contributed by atoms with van der Waals surface area (Å²) in [5.74, 6) is -1.59. The minimum absolute atomic E-state index is 0.0308. The molecule has 0 rings (SSSR count). The molecule has 0 bridgehead atoms. The molecule has 51 heavy (non-hydrogen) atoms. The van der Waals surface area contributed by atoms with Gasteiger partial charge in [0.25, 0.3) is 0 Å². The molecule has 8 nitrogen and oxygen atoms in total. The number of carbonyl (C=O) groups is 3. The number of unbranched alkanes of at least 4 members (excludes halogenated alkanes) is 7. The fraction of sp³-hybridized carbons (Fsp3) is 0.651. The summed E-state index contributed by atoms with van der Waals surface area (Å²) >= 11 is 0. The molecule has 0 aromatic carbocycles. The Morgan fingerprint density at radius 3 is 1.69 bits per heavy atom. The molecule has 0 aromatic heterocycles. The second-order valence-electron chi connectivity index (χ2n) is 13.8. The summed E-state index contributed by atoms with van der Waals surface area (Å²) in [4.78, 5) is 36.7. The number of carboxylic acid groups (broad SMARTS) is 1. The zero-order valence-corrected chi connectivity index (χ0v) is 32.8. The van der Waals surface area contributed by atoms with E-state index in [1.54, 1.807) is 0 Å². The van der Waals surface area contributed by atoms with Crippen LogP contribution in [0.2, 0.25) is 0 Å². The molecular formula is C43H72NO7+. The summed E-state index contributed by atoms with van der Waals surface area (Å²) in [6.07, 6.45) is 41.1. The number of likely N-dealkylation sites (N-methyl/N-ethyl adjacent to an activating group) is 1. The lowest BCUT2D eigenvalue weighted by Crippen LogP contribution is -2.50. The van der Waals surface area contributed by atoms with Crippen molar-refractivity contribution < 1.29 is 38.2 Å². The van der Waals surface area contributed by atoms with E-state index in [1.807, 2.05) is 27.2 Å². The smallest absolute Gasteiger partial charge is 0.362 e. The summed E-state index contributed by atoms with van der Waals surface area (Å²) in [6.45, 7) is 4.47. The molecule has 0 amide bonds. The molecule has 2 atom stereocenters. The van der Waals surface area contributed by atoms with Crippen molar-refractivity contribution in [2.75, 3.05) is 41.0 Å². The Balaban J connectivity index is 4.43. The van der Waals surface area contributed by atoms with Gasteiger partial charge < -0.3 is 23.8 Å². The Labute approximate surface area is 311 Å². The topological polar surface area (TPSA) is 99.1 Å². The van der Waals surface area contributed by atoms with E-state index in [4.69, 9.17) is 14.2 Å². The molecule has 0 aliphatic heterocycles. The number of quaternary nitrogens is 1. The third-order valence-corrected chi connectivity index (χ3v) is 8.10. The van der Waals surface area contributed by atoms with Crippen molar-refractivity contribution in [3.63, 3.8) is 0 Å². The molecule has 290 valence electrons. The molecule has 0 spiro atoms. The first-order valence-corrected chi connectivity index (χ1v) is 19.5. The number of allylic oxidation sites excluding steroid dienone is 12. The van der Waals surface area contributed by atoms with Crippen molar-refractivity contribution in [3.05, 3.63) is 72.9 Å². The van der Waals surface area contributed by atoms with Crippen molar-refractivity contribution in [3.8, 4) is 0 Å². The fourth-order valence-corrected chi connectivity index (χ4v) is 5.07. The van der Waals surface area contributed by atoms with Crippen LogP contribution in [0.5, 0.6) is 0 Å². The molecule has 0 radical (unpaired) electrons. The minimum atomic E-state index is -0.890. The molecule has 0 saturated carbocycles. The Morgan fingerprint density at radius 1 is 0.608 bits per heavy atom. The second-order valence-corrected chi connectivity index (χ2v) is 13.8. The number of carboxylic acids is 1. The van der Waals surface area contributed by atoms with E-state index in [9.17, 15) is 19.5 Å². The Hall–Kier alpha value is -3.23. The Morgan fingerprint density at radius 2 is 1.14 bits per heavy atom. The van der Waals surface area contributed by atoms with Gasteiger partial charge in [0.2, 0.25) is 0 Å². The average Bonchev–Trinajstić information content (AvgIpc) is 3.08. The van der Waals surface area contributed by atoms with Gasteiger partial charge in [-0.15, -0.1) is 0 Å². The maximum atomic E-state index is 12.5. The standard InChI is InChI=1S/C43H71NO7/c1-6-8-10-12-14-16-17-18-19-20-21-22-23-24-25-26-28-29-31-33-41(45)50-38-39(37-49-36-35-40(43(47)48)44(3,4)5)51-42(46)34-32-30-27-15-13-11-9-7-2/h8,10,14,16,18-19,21-22,24-25,27,30,39-40H,6-7,9,11-13,15,17,20,23,26,28-29,31-38H2,1-5H3/p+1/b10-8+,16-14+,19-18+,22-21+,25-24+,30-27+. The summed E-state index contributed by atoms with van der Waals surface area (Å²) in [6, 6.07) is -0.626. The van der Waals surface area contributed by atoms with Crippen molar-refractivity contribution in [1.29, 1.82) is 0 Å². The summed E-state index contributed by atoms with van der Waals surface area (Å²) in [5.41, 5.74) is 0. The minimum Gasteiger partial charge on any atom is -0.477 e. The van der Waals surface area contributed by atoms with Crippen molar-refractivity contribution in [2.45, 2.75) is 142 Å². The number of hydrogen-bond donors (Lipinski definition) is 1. The van der Waals surface area contributed by atoms with Crippen LogP contribution in [0.1, 0.15) is 129 Å². The summed E-state index contributed by atoms with van der Waals surface area (Å²) < 4.78 is 17.1. The van der Waals surface area contributed by atoms with Gasteiger partial charge in [-0.2, -0.15) is 0 Å². The zero-order valence-electron chi connectivity index (χ0n) is 32.8. The van der Waals surface area contributed by atoms with Gasteiger partial charge in [0, 0.05) is 19.3 Å². The predicted molar refractivity (Wildman–Crippen MR) is 210 cm³/mol. The van der Waals surface area contributed by atoms with Crippen LogP contribution >= 0.6 is 0 Å². The monoisotopic (exact) mass is 715 g/mol. The van der Waals surface area contributed by atoms with Crippen molar-refractivity contribution in [2.24, 2.45) is 0 Å². The van der Waals surface area contributed by atoms with Gasteiger partial charge in [-0.1, -0.05) is 112 Å². The van der Waals surface area contributed by atoms with Crippen LogP contribution in [0.3, 0.4) is 0 Å². The molecule has 0 heterocycles. The van der Waals surface area contributed by atoms with Gasteiger partial charge in [-0.05, 0) is 70.6 Å². The number of carbonyl (C=O) groups excluding carboxylic acids is 2. The van der Waals surface area contributed by atoms with E-state index in [0.717, 1.165) is 70.6 Å². The highest BCUT2D eigenvalue weighted by Gasteiger charge is 2.31. The molecule has 1 N–H and O–H groups in total. The zero-order chi connectivity index (χ0) is 37.8. The SMILES string of the molecule is CC/C=C/C/C=C/C/C=C/C/C=C/C/C=C/CCCCCC(=O)OCC(COCCC(C(=O)O)[N+](C)(C)C)OC(=O)CC/C=C/CCCCCC. The first-order chi connectivity index (χ1) is 24.6. The number of nitrogens with zero attached hydrogens (tertiary/aromatic N) is 1. The van der Waals surface area contributed by atoms with Gasteiger partial charge in [0.1, 0.15) is 6.61 Å². The lowest BCUT2D eigenvalue weighted by molar-refractivity contribution is -0.887. The molecule has 2 unspecified atom stereocenters. The summed E-state index contributed by atoms with van der Waals surface area (Å²) in [5, 5.41) is 9.57. The third kappa shape index (κ3) is 32.4. The molecule has 0 fully saturated rings. The molecule has 0 aliphatic rings. The molecule has 8 heteroatoms. The maximum Gasteiger partial charge on any atom is 0.362 e. The molecule has 0 aliphatic carbocycles. The van der Waals surface area contributed by atoms with Crippen LogP contribution < -0.4 is 0 Å². The van der Waals surface area contributed by atoms with E-state index in [1.165, 1.54) is 19.3 Å². The number of hydrogen-bond acceptors (Lipinski definition) is 6. The van der Waals surface area contributed by atoms with Crippen LogP contribution in [-0.4, -0.2) is 80.6 Å². The van der Waals surface area contributed by atoms with Crippen LogP contribution in [0.25, 0.3) is 0 Å². The number of rotatable bonds is 33. The van der Waals surface area contributed by atoms with Gasteiger partial charge in [-0.3, -0.25) is 9.59 Å². The normalized spacial score (nSPS) is 13.8. The van der Waals surface area contributed by atoms with Crippen molar-refractivity contribution >= 4 is 17.9 Å². The first kappa shape index (κ1) is 47.8. The number of esters is 2. The van der Waals surface area contributed by atoms with Crippen molar-refractivity contribution in [1.82, 2.24) is 0 Å². The molecule has 0 saturated heterocycles. The second kappa shape index (κ2) is 33.9. The van der Waals surface area contributed by atoms with E-state index in [0.29, 0.717) is 19.3 Å². The summed E-state index contributed by atoms with van der Waals surface area (Å²) in [7, 11) is 5.48. The van der Waals surface area contributed by atoms with E-state index < -0.39 is 18.1 Å². The van der Waals surface area contributed by atoms with E-state index in [2.05, 4.69) is 80.7 Å². The third-order valence-electron chi connectivity index (χ3n) is 8.10. The van der Waals surface area contributed by atoms with Gasteiger partial charge in [0.15, 0.2) is 12.1 Å². The van der Waals surface area contributed by atoms with Gasteiger partial charge >= 0.3 is 17.9 Å². The molecular weight excluding hydrogens is 642 g/mol. The highest BCUT2D eigenvalue weighted by atomic mass is 16.6.